The molecule has 0 aliphatic heterocycles. The number of rotatable bonds is 9. The molecule has 0 aliphatic carbocycles. The van der Waals surface area contributed by atoms with Gasteiger partial charge in [0.25, 0.3) is 11.8 Å². The first-order valence-corrected chi connectivity index (χ1v) is 8.60. The van der Waals surface area contributed by atoms with Gasteiger partial charge in [0.15, 0.2) is 24.7 Å². The lowest BCUT2D eigenvalue weighted by molar-refractivity contribution is -0.142. The summed E-state index contributed by atoms with van der Waals surface area (Å²) in [5, 5.41) is 2.90. The van der Waals surface area contributed by atoms with E-state index in [-0.39, 0.29) is 12.4 Å². The Morgan fingerprint density at radius 1 is 1.17 bits per heavy atom. The molecule has 9 nitrogen and oxygen atoms in total. The summed E-state index contributed by atoms with van der Waals surface area (Å²) in [5.74, 6) is -0.891. The number of hydrogen-bond acceptors (Lipinski definition) is 7. The number of nitrogens with zero attached hydrogens (tertiary/aromatic N) is 1. The van der Waals surface area contributed by atoms with Crippen LogP contribution < -0.4 is 20.5 Å². The molecule has 0 fully saturated rings. The van der Waals surface area contributed by atoms with E-state index in [1.54, 1.807) is 24.3 Å². The molecule has 0 atom stereocenters. The van der Waals surface area contributed by atoms with E-state index in [0.717, 1.165) is 6.08 Å². The van der Waals surface area contributed by atoms with Crippen molar-refractivity contribution in [3.63, 3.8) is 0 Å². The van der Waals surface area contributed by atoms with Crippen LogP contribution >= 0.6 is 11.6 Å². The van der Waals surface area contributed by atoms with E-state index in [2.05, 4.69) is 10.3 Å². The van der Waals surface area contributed by atoms with Crippen LogP contribution in [0.5, 0.6) is 11.5 Å². The Kier molecular flexibility index (Phi) is 7.99. The van der Waals surface area contributed by atoms with Gasteiger partial charge in [-0.1, -0.05) is 17.7 Å². The number of pyridine rings is 1. The van der Waals surface area contributed by atoms with E-state index in [1.807, 2.05) is 0 Å². The smallest absolute Gasteiger partial charge is 0.331 e. The number of anilines is 1. The van der Waals surface area contributed by atoms with Crippen LogP contribution in [0.15, 0.2) is 42.6 Å². The second kappa shape index (κ2) is 10.7. The minimum Gasteiger partial charge on any atom is -0.493 e. The van der Waals surface area contributed by atoms with Gasteiger partial charge >= 0.3 is 5.97 Å². The van der Waals surface area contributed by atoms with Crippen molar-refractivity contribution in [1.82, 2.24) is 4.98 Å². The van der Waals surface area contributed by atoms with Crippen LogP contribution in [-0.2, 0) is 19.1 Å². The number of amides is 2. The highest BCUT2D eigenvalue weighted by molar-refractivity contribution is 6.30. The van der Waals surface area contributed by atoms with Crippen molar-refractivity contribution in [2.24, 2.45) is 5.73 Å². The van der Waals surface area contributed by atoms with Crippen LogP contribution in [0.2, 0.25) is 5.02 Å². The molecule has 1 heterocycles. The standard InChI is InChI=1S/C19H18ClN3O6/c1-27-15-8-12(2-5-14(15)28-10-16(21)24)3-7-19(26)29-11-18(25)23-17-6-4-13(20)9-22-17/h2-9H,10-11H2,1H3,(H2,21,24)(H,22,23,25)/b7-3+. The average molecular weight is 420 g/mol. The lowest BCUT2D eigenvalue weighted by Crippen LogP contribution is -2.20. The third kappa shape index (κ3) is 7.51. The zero-order valence-corrected chi connectivity index (χ0v) is 16.1. The molecule has 1 aromatic heterocycles. The maximum atomic E-state index is 11.8. The van der Waals surface area contributed by atoms with Crippen molar-refractivity contribution >= 4 is 41.3 Å². The molecule has 1 aromatic carbocycles. The number of methoxy groups -OCH3 is 1. The van der Waals surface area contributed by atoms with Crippen molar-refractivity contribution in [3.8, 4) is 11.5 Å². The molecule has 0 aliphatic rings. The van der Waals surface area contributed by atoms with Gasteiger partial charge in [-0.05, 0) is 35.9 Å². The summed E-state index contributed by atoms with van der Waals surface area (Å²) in [6.07, 6.45) is 4.01. The highest BCUT2D eigenvalue weighted by Gasteiger charge is 2.08. The molecule has 0 saturated carbocycles. The molecule has 152 valence electrons. The summed E-state index contributed by atoms with van der Waals surface area (Å²) >= 11 is 5.71. The summed E-state index contributed by atoms with van der Waals surface area (Å²) in [5.41, 5.74) is 5.65. The normalized spacial score (nSPS) is 10.4. The molecule has 3 N–H and O–H groups in total. The van der Waals surface area contributed by atoms with Gasteiger partial charge in [-0.25, -0.2) is 9.78 Å². The third-order valence-corrected chi connectivity index (χ3v) is 3.53. The van der Waals surface area contributed by atoms with Gasteiger partial charge in [0.2, 0.25) is 0 Å². The number of halogens is 1. The number of aromatic nitrogens is 1. The second-order valence-electron chi connectivity index (χ2n) is 5.52. The van der Waals surface area contributed by atoms with Gasteiger partial charge in [-0.15, -0.1) is 0 Å². The van der Waals surface area contributed by atoms with Crippen molar-refractivity contribution in [3.05, 3.63) is 53.2 Å². The third-order valence-electron chi connectivity index (χ3n) is 3.31. The Bertz CT molecular complexity index is 915. The molecule has 0 bridgehead atoms. The Labute approximate surface area is 171 Å². The number of benzene rings is 1. The first kappa shape index (κ1) is 21.7. The Balaban J connectivity index is 1.86. The molecule has 2 rings (SSSR count). The summed E-state index contributed by atoms with van der Waals surface area (Å²) < 4.78 is 15.3. The number of hydrogen-bond donors (Lipinski definition) is 2. The van der Waals surface area contributed by atoms with Crippen LogP contribution in [-0.4, -0.2) is 43.1 Å². The molecule has 0 radical (unpaired) electrons. The number of primary amides is 1. The van der Waals surface area contributed by atoms with E-state index < -0.39 is 24.4 Å². The van der Waals surface area contributed by atoms with Gasteiger partial charge in [-0.2, -0.15) is 0 Å². The molecule has 2 amide bonds. The molecule has 0 unspecified atom stereocenters. The Morgan fingerprint density at radius 2 is 1.97 bits per heavy atom. The number of esters is 1. The van der Waals surface area contributed by atoms with Crippen LogP contribution in [0.3, 0.4) is 0 Å². The maximum Gasteiger partial charge on any atom is 0.331 e. The maximum absolute atomic E-state index is 11.8. The number of nitrogens with one attached hydrogen (secondary N) is 1. The van der Waals surface area contributed by atoms with Crippen LogP contribution in [0, 0.1) is 0 Å². The number of ether oxygens (including phenoxy) is 3. The van der Waals surface area contributed by atoms with Crippen molar-refractivity contribution < 1.29 is 28.6 Å². The lowest BCUT2D eigenvalue weighted by Gasteiger charge is -2.09. The molecule has 29 heavy (non-hydrogen) atoms. The Morgan fingerprint density at radius 3 is 2.62 bits per heavy atom. The largest absolute Gasteiger partial charge is 0.493 e. The highest BCUT2D eigenvalue weighted by atomic mass is 35.5. The summed E-state index contributed by atoms with van der Waals surface area (Å²) in [4.78, 5) is 38.2. The van der Waals surface area contributed by atoms with E-state index in [0.29, 0.717) is 22.1 Å². The highest BCUT2D eigenvalue weighted by Crippen LogP contribution is 2.28. The quantitative estimate of drug-likeness (QED) is 0.468. The number of carbonyl (C=O) groups is 3. The van der Waals surface area contributed by atoms with E-state index in [4.69, 9.17) is 31.5 Å². The fraction of sp³-hybridized carbons (Fsp3) is 0.158. The van der Waals surface area contributed by atoms with E-state index >= 15 is 0 Å². The first-order chi connectivity index (χ1) is 13.9. The number of nitrogens with two attached hydrogens (primary N) is 1. The molecular weight excluding hydrogens is 402 g/mol. The lowest BCUT2D eigenvalue weighted by atomic mass is 10.2. The minimum atomic E-state index is -0.711. The van der Waals surface area contributed by atoms with Crippen molar-refractivity contribution in [2.75, 3.05) is 25.6 Å². The van der Waals surface area contributed by atoms with Crippen LogP contribution in [0.25, 0.3) is 6.08 Å². The zero-order chi connectivity index (χ0) is 21.2. The first-order valence-electron chi connectivity index (χ1n) is 8.22. The topological polar surface area (TPSA) is 130 Å². The molecule has 0 spiro atoms. The summed E-state index contributed by atoms with van der Waals surface area (Å²) in [7, 11) is 1.43. The minimum absolute atomic E-state index is 0.286. The zero-order valence-electron chi connectivity index (χ0n) is 15.4. The van der Waals surface area contributed by atoms with Crippen LogP contribution in [0.1, 0.15) is 5.56 Å². The molecule has 10 heteroatoms. The average Bonchev–Trinajstić information content (AvgIpc) is 2.71. The summed E-state index contributed by atoms with van der Waals surface area (Å²) in [6, 6.07) is 7.89. The molecular formula is C19H18ClN3O6. The van der Waals surface area contributed by atoms with Gasteiger partial charge < -0.3 is 25.3 Å². The predicted molar refractivity (Wildman–Crippen MR) is 106 cm³/mol. The van der Waals surface area contributed by atoms with E-state index in [1.165, 1.54) is 25.4 Å². The second-order valence-corrected chi connectivity index (χ2v) is 5.95. The van der Waals surface area contributed by atoms with Crippen molar-refractivity contribution in [2.45, 2.75) is 0 Å². The van der Waals surface area contributed by atoms with Crippen molar-refractivity contribution in [1.29, 1.82) is 0 Å². The fourth-order valence-electron chi connectivity index (χ4n) is 2.03. The SMILES string of the molecule is COc1cc(/C=C/C(=O)OCC(=O)Nc2ccc(Cl)cn2)ccc1OCC(N)=O. The number of carbonyl (C=O) groups excluding carboxylic acids is 3. The monoisotopic (exact) mass is 419 g/mol. The molecule has 2 aromatic rings. The van der Waals surface area contributed by atoms with Gasteiger partial charge in [0.05, 0.1) is 12.1 Å². The molecule has 0 saturated heterocycles. The fourth-order valence-corrected chi connectivity index (χ4v) is 2.15. The summed E-state index contributed by atoms with van der Waals surface area (Å²) in [6.45, 7) is -0.762. The van der Waals surface area contributed by atoms with Gasteiger partial charge in [0, 0.05) is 12.3 Å². The Hall–Kier alpha value is -3.59. The van der Waals surface area contributed by atoms with E-state index in [9.17, 15) is 14.4 Å². The predicted octanol–water partition coefficient (Wildman–Crippen LogP) is 1.80. The van der Waals surface area contributed by atoms with Crippen LogP contribution in [0.4, 0.5) is 5.82 Å². The van der Waals surface area contributed by atoms with Gasteiger partial charge in [-0.3, -0.25) is 9.59 Å². The van der Waals surface area contributed by atoms with Gasteiger partial charge in [0.1, 0.15) is 5.82 Å².